The number of hydrogen-bond acceptors (Lipinski definition) is 8. The molecule has 11 nitrogen and oxygen atoms in total. The quantitative estimate of drug-likeness (QED) is 0.499. The van der Waals surface area contributed by atoms with Crippen LogP contribution in [-0.2, 0) is 11.3 Å². The number of benzene rings is 2. The summed E-state index contributed by atoms with van der Waals surface area (Å²) in [5.41, 5.74) is 1.56. The molecular formula is C30H32N4O7. The van der Waals surface area contributed by atoms with Gasteiger partial charge in [0.2, 0.25) is 5.88 Å². The Morgan fingerprint density at radius 3 is 2.76 bits per heavy atom. The molecule has 0 saturated carbocycles. The Bertz CT molecular complexity index is 1410. The van der Waals surface area contributed by atoms with Gasteiger partial charge in [0.05, 0.1) is 19.8 Å². The van der Waals surface area contributed by atoms with Crippen LogP contribution >= 0.6 is 0 Å². The van der Waals surface area contributed by atoms with Crippen molar-refractivity contribution < 1.29 is 33.3 Å². The maximum Gasteiger partial charge on any atom is 0.259 e. The first kappa shape index (κ1) is 27.8. The zero-order chi connectivity index (χ0) is 28.8. The molecule has 1 aromatic heterocycles. The summed E-state index contributed by atoms with van der Waals surface area (Å²) in [6.07, 6.45) is 1.66. The number of amides is 3. The average Bonchev–Trinajstić information content (AvgIpc) is 3.00. The van der Waals surface area contributed by atoms with Crippen LogP contribution in [0.1, 0.15) is 39.6 Å². The minimum atomic E-state index is -0.530. The van der Waals surface area contributed by atoms with Crippen molar-refractivity contribution in [2.45, 2.75) is 32.0 Å². The van der Waals surface area contributed by atoms with Gasteiger partial charge in [-0.2, -0.15) is 0 Å². The Kier molecular flexibility index (Phi) is 8.52. The van der Waals surface area contributed by atoms with Crippen LogP contribution in [-0.4, -0.2) is 73.2 Å². The van der Waals surface area contributed by atoms with E-state index in [1.165, 1.54) is 13.2 Å². The molecule has 214 valence electrons. The van der Waals surface area contributed by atoms with Gasteiger partial charge in [0.15, 0.2) is 18.1 Å². The van der Waals surface area contributed by atoms with Crippen molar-refractivity contribution in [3.8, 4) is 23.1 Å². The van der Waals surface area contributed by atoms with Gasteiger partial charge in [-0.1, -0.05) is 12.1 Å². The van der Waals surface area contributed by atoms with Gasteiger partial charge in [-0.25, -0.2) is 4.98 Å². The van der Waals surface area contributed by atoms with E-state index in [1.54, 1.807) is 35.4 Å². The molecule has 2 N–H and O–H groups in total. The normalized spacial score (nSPS) is 19.0. The average molecular weight is 561 g/mol. The smallest absolute Gasteiger partial charge is 0.259 e. The molecule has 1 fully saturated rings. The lowest BCUT2D eigenvalue weighted by molar-refractivity contribution is -0.123. The summed E-state index contributed by atoms with van der Waals surface area (Å²) >= 11 is 0. The van der Waals surface area contributed by atoms with E-state index in [1.807, 2.05) is 31.2 Å². The predicted octanol–water partition coefficient (Wildman–Crippen LogP) is 2.59. The van der Waals surface area contributed by atoms with Gasteiger partial charge in [-0.05, 0) is 55.0 Å². The summed E-state index contributed by atoms with van der Waals surface area (Å²) in [4.78, 5) is 45.3. The highest BCUT2D eigenvalue weighted by atomic mass is 16.5. The van der Waals surface area contributed by atoms with Crippen LogP contribution in [0.5, 0.6) is 23.1 Å². The minimum Gasteiger partial charge on any atom is -0.493 e. The van der Waals surface area contributed by atoms with Gasteiger partial charge in [0, 0.05) is 37.8 Å². The number of nitrogens with zero attached hydrogens (tertiary/aromatic N) is 2. The molecule has 0 aliphatic carbocycles. The monoisotopic (exact) mass is 560 g/mol. The maximum atomic E-state index is 13.5. The molecule has 3 amide bonds. The van der Waals surface area contributed by atoms with E-state index >= 15 is 0 Å². The van der Waals surface area contributed by atoms with Crippen molar-refractivity contribution in [3.63, 3.8) is 0 Å². The first-order chi connectivity index (χ1) is 19.9. The third-order valence-electron chi connectivity index (χ3n) is 6.92. The van der Waals surface area contributed by atoms with E-state index in [9.17, 15) is 14.4 Å². The van der Waals surface area contributed by atoms with Gasteiger partial charge >= 0.3 is 0 Å². The summed E-state index contributed by atoms with van der Waals surface area (Å²) in [7, 11) is 1.48. The van der Waals surface area contributed by atoms with Crippen LogP contribution in [0.25, 0.3) is 0 Å². The molecular weight excluding hydrogens is 528 g/mol. The molecule has 3 aromatic rings. The Balaban J connectivity index is 1.44. The Morgan fingerprint density at radius 1 is 1.15 bits per heavy atom. The van der Waals surface area contributed by atoms with Crippen LogP contribution in [0, 0.1) is 0 Å². The predicted molar refractivity (Wildman–Crippen MR) is 148 cm³/mol. The van der Waals surface area contributed by atoms with Crippen molar-refractivity contribution in [3.05, 3.63) is 77.5 Å². The number of methoxy groups -OCH3 is 1. The number of pyridine rings is 1. The minimum absolute atomic E-state index is 0.214. The molecule has 0 spiro atoms. The molecule has 4 bridgehead atoms. The van der Waals surface area contributed by atoms with E-state index in [0.717, 1.165) is 5.56 Å². The van der Waals surface area contributed by atoms with Crippen molar-refractivity contribution in [1.29, 1.82) is 0 Å². The Hall–Kier alpha value is -4.80. The van der Waals surface area contributed by atoms with Crippen LogP contribution in [0.4, 0.5) is 0 Å². The number of fused-ring (bicyclic) bond motifs is 7. The summed E-state index contributed by atoms with van der Waals surface area (Å²) in [5.74, 6) is 0.606. The van der Waals surface area contributed by atoms with E-state index < -0.39 is 12.1 Å². The largest absolute Gasteiger partial charge is 0.493 e. The molecule has 2 aromatic carbocycles. The molecule has 2 atom stereocenters. The lowest BCUT2D eigenvalue weighted by Gasteiger charge is -2.39. The number of piperidine rings is 1. The summed E-state index contributed by atoms with van der Waals surface area (Å²) < 4.78 is 23.0. The van der Waals surface area contributed by atoms with Crippen molar-refractivity contribution in [2.24, 2.45) is 0 Å². The second-order valence-corrected chi connectivity index (χ2v) is 9.64. The van der Waals surface area contributed by atoms with E-state index in [4.69, 9.17) is 18.9 Å². The van der Waals surface area contributed by atoms with Gasteiger partial charge in [-0.3, -0.25) is 14.4 Å². The zero-order valence-electron chi connectivity index (χ0n) is 22.9. The van der Waals surface area contributed by atoms with E-state index in [0.29, 0.717) is 48.7 Å². The lowest BCUT2D eigenvalue weighted by atomic mass is 10.00. The fourth-order valence-electron chi connectivity index (χ4n) is 4.81. The first-order valence-electron chi connectivity index (χ1n) is 13.5. The SMILES string of the molecule is CCOc1ncccc1C(=O)N1CC[C@H]2Oc3ccc(cc3)CNC(=O)COc3cc(ccc3OC)C(=O)N[C@H]2C1. The number of carbonyl (C=O) groups is 3. The highest BCUT2D eigenvalue weighted by molar-refractivity contribution is 5.97. The molecule has 11 heteroatoms. The number of ether oxygens (including phenoxy) is 4. The fraction of sp³-hybridized carbons (Fsp3) is 0.333. The molecule has 3 aliphatic rings. The van der Waals surface area contributed by atoms with Gasteiger partial charge in [0.1, 0.15) is 17.4 Å². The lowest BCUT2D eigenvalue weighted by Crippen LogP contribution is -2.58. The van der Waals surface area contributed by atoms with Gasteiger partial charge in [-0.15, -0.1) is 0 Å². The third kappa shape index (κ3) is 6.51. The summed E-state index contributed by atoms with van der Waals surface area (Å²) in [6, 6.07) is 15.0. The second-order valence-electron chi connectivity index (χ2n) is 9.64. The second kappa shape index (κ2) is 12.6. The van der Waals surface area contributed by atoms with Crippen molar-refractivity contribution in [2.75, 3.05) is 33.4 Å². The Labute approximate surface area is 237 Å². The molecule has 1 saturated heterocycles. The number of nitrogens with one attached hydrogen (secondary N) is 2. The number of hydrogen-bond donors (Lipinski definition) is 2. The molecule has 3 aliphatic heterocycles. The van der Waals surface area contributed by atoms with E-state index in [-0.39, 0.29) is 42.5 Å². The van der Waals surface area contributed by atoms with Crippen LogP contribution in [0.15, 0.2) is 60.8 Å². The van der Waals surface area contributed by atoms with Gasteiger partial charge < -0.3 is 34.5 Å². The van der Waals surface area contributed by atoms with Crippen LogP contribution < -0.4 is 29.6 Å². The molecule has 6 rings (SSSR count). The van der Waals surface area contributed by atoms with E-state index in [2.05, 4.69) is 15.6 Å². The first-order valence-corrected chi connectivity index (χ1v) is 13.5. The number of likely N-dealkylation sites (tertiary alicyclic amines) is 1. The number of aromatic nitrogens is 1. The topological polar surface area (TPSA) is 128 Å². The Morgan fingerprint density at radius 2 is 1.98 bits per heavy atom. The maximum absolute atomic E-state index is 13.5. The summed E-state index contributed by atoms with van der Waals surface area (Å²) in [6.45, 7) is 2.91. The van der Waals surface area contributed by atoms with Crippen molar-refractivity contribution in [1.82, 2.24) is 20.5 Å². The highest BCUT2D eigenvalue weighted by Gasteiger charge is 2.35. The zero-order valence-corrected chi connectivity index (χ0v) is 22.9. The molecule has 0 radical (unpaired) electrons. The number of rotatable bonds is 4. The van der Waals surface area contributed by atoms with Crippen molar-refractivity contribution >= 4 is 17.7 Å². The fourth-order valence-corrected chi connectivity index (χ4v) is 4.81. The standard InChI is InChI=1S/C30H32N4O7/c1-3-39-29-22(5-4-13-31-29)30(37)34-14-12-24-23(17-34)33-28(36)20-8-11-25(38-2)26(15-20)40-18-27(35)32-16-19-6-9-21(41-24)10-7-19/h4-11,13,15,23-24H,3,12,14,16-18H2,1-2H3,(H,32,35)(H,33,36)/t23-,24+/m0/s1. The molecule has 0 unspecified atom stereocenters. The number of carbonyl (C=O) groups excluding carboxylic acids is 3. The molecule has 41 heavy (non-hydrogen) atoms. The highest BCUT2D eigenvalue weighted by Crippen LogP contribution is 2.29. The summed E-state index contributed by atoms with van der Waals surface area (Å²) in [5, 5.41) is 5.87. The third-order valence-corrected chi connectivity index (χ3v) is 6.92. The van der Waals surface area contributed by atoms with Crippen LogP contribution in [0.2, 0.25) is 0 Å². The van der Waals surface area contributed by atoms with Gasteiger partial charge in [0.25, 0.3) is 17.7 Å². The molecule has 4 heterocycles. The van der Waals surface area contributed by atoms with Crippen LogP contribution in [0.3, 0.4) is 0 Å².